The maximum atomic E-state index is 14.2. The van der Waals surface area contributed by atoms with Gasteiger partial charge in [-0.2, -0.15) is 5.01 Å². The SMILES string of the molecule is CCN=C(OC1=C(F)CC(N2CN=CN2)C=C1)C(=O)CC. The summed E-state index contributed by atoms with van der Waals surface area (Å²) in [7, 11) is 0. The lowest BCUT2D eigenvalue weighted by Gasteiger charge is -2.26. The minimum absolute atomic E-state index is 0.0316. The quantitative estimate of drug-likeness (QED) is 0.619. The number of hydrogen-bond acceptors (Lipinski definition) is 6. The lowest BCUT2D eigenvalue weighted by molar-refractivity contribution is -0.113. The summed E-state index contributed by atoms with van der Waals surface area (Å²) < 4.78 is 19.5. The topological polar surface area (TPSA) is 66.3 Å². The van der Waals surface area contributed by atoms with E-state index in [2.05, 4.69) is 15.4 Å². The monoisotopic (exact) mass is 294 g/mol. The van der Waals surface area contributed by atoms with E-state index in [-0.39, 0.29) is 36.3 Å². The predicted molar refractivity (Wildman–Crippen MR) is 78.4 cm³/mol. The molecule has 1 aliphatic carbocycles. The van der Waals surface area contributed by atoms with Crippen LogP contribution in [0, 0.1) is 0 Å². The Bertz CT molecular complexity index is 517. The fourth-order valence-corrected chi connectivity index (χ4v) is 2.01. The fourth-order valence-electron chi connectivity index (χ4n) is 2.01. The van der Waals surface area contributed by atoms with E-state index in [1.165, 1.54) is 6.08 Å². The zero-order chi connectivity index (χ0) is 15.2. The number of allylic oxidation sites excluding steroid dienone is 1. The number of hydrazine groups is 1. The first-order valence-corrected chi connectivity index (χ1v) is 6.99. The molecule has 0 bridgehead atoms. The van der Waals surface area contributed by atoms with Crippen LogP contribution >= 0.6 is 0 Å². The highest BCUT2D eigenvalue weighted by Gasteiger charge is 2.25. The summed E-state index contributed by atoms with van der Waals surface area (Å²) in [5.41, 5.74) is 2.93. The van der Waals surface area contributed by atoms with Crippen LogP contribution in [-0.4, -0.2) is 42.3 Å². The highest BCUT2D eigenvalue weighted by Crippen LogP contribution is 2.24. The molecule has 7 heteroatoms. The van der Waals surface area contributed by atoms with Crippen molar-refractivity contribution in [2.45, 2.75) is 32.7 Å². The number of hydrogen-bond donors (Lipinski definition) is 1. The molecular formula is C14H19FN4O2. The van der Waals surface area contributed by atoms with Crippen molar-refractivity contribution in [2.24, 2.45) is 9.98 Å². The minimum Gasteiger partial charge on any atom is -0.434 e. The predicted octanol–water partition coefficient (Wildman–Crippen LogP) is 1.72. The average molecular weight is 294 g/mol. The standard InChI is InChI=1S/C14H19FN4O2/c1-3-12(20)14(17-4-2)21-13-6-5-10(7-11(13)15)19-9-16-8-18-19/h5-6,8,10H,3-4,7,9H2,1-2H3,(H,16,18). The second-order valence-electron chi connectivity index (χ2n) is 4.61. The van der Waals surface area contributed by atoms with Gasteiger partial charge in [0.05, 0.1) is 12.4 Å². The summed E-state index contributed by atoms with van der Waals surface area (Å²) in [6, 6.07) is -0.131. The van der Waals surface area contributed by atoms with Gasteiger partial charge in [0.2, 0.25) is 5.78 Å². The smallest absolute Gasteiger partial charge is 0.258 e. The third kappa shape index (κ3) is 3.75. The van der Waals surface area contributed by atoms with E-state index < -0.39 is 5.83 Å². The van der Waals surface area contributed by atoms with Crippen molar-refractivity contribution in [1.82, 2.24) is 10.4 Å². The Morgan fingerprint density at radius 3 is 3.00 bits per heavy atom. The molecule has 114 valence electrons. The first-order valence-electron chi connectivity index (χ1n) is 6.99. The van der Waals surface area contributed by atoms with Gasteiger partial charge in [-0.1, -0.05) is 13.0 Å². The van der Waals surface area contributed by atoms with Gasteiger partial charge < -0.3 is 10.2 Å². The van der Waals surface area contributed by atoms with E-state index in [1.807, 2.05) is 11.1 Å². The van der Waals surface area contributed by atoms with Crippen LogP contribution in [0.25, 0.3) is 0 Å². The second-order valence-corrected chi connectivity index (χ2v) is 4.61. The molecule has 0 aromatic carbocycles. The number of carbonyl (C=O) groups excluding carboxylic acids is 1. The van der Waals surface area contributed by atoms with Crippen molar-refractivity contribution in [1.29, 1.82) is 0 Å². The molecule has 0 amide bonds. The van der Waals surface area contributed by atoms with Gasteiger partial charge in [0.15, 0.2) is 5.76 Å². The van der Waals surface area contributed by atoms with Gasteiger partial charge in [0.1, 0.15) is 12.5 Å². The van der Waals surface area contributed by atoms with Crippen molar-refractivity contribution in [3.8, 4) is 0 Å². The number of rotatable bonds is 5. The molecule has 0 aromatic heterocycles. The van der Waals surface area contributed by atoms with Crippen molar-refractivity contribution < 1.29 is 13.9 Å². The van der Waals surface area contributed by atoms with E-state index in [0.29, 0.717) is 13.2 Å². The Balaban J connectivity index is 2.04. The van der Waals surface area contributed by atoms with E-state index in [0.717, 1.165) is 0 Å². The normalized spacial score (nSPS) is 22.6. The van der Waals surface area contributed by atoms with Crippen molar-refractivity contribution in [2.75, 3.05) is 13.2 Å². The lowest BCUT2D eigenvalue weighted by atomic mass is 10.1. The molecule has 1 aliphatic heterocycles. The second kappa shape index (κ2) is 7.12. The molecule has 0 radical (unpaired) electrons. The third-order valence-electron chi connectivity index (χ3n) is 3.14. The number of halogens is 1. The molecule has 2 aliphatic rings. The van der Waals surface area contributed by atoms with Gasteiger partial charge in [-0.15, -0.1) is 0 Å². The first-order chi connectivity index (χ1) is 10.2. The van der Waals surface area contributed by atoms with E-state index in [9.17, 15) is 9.18 Å². The molecule has 1 N–H and O–H groups in total. The summed E-state index contributed by atoms with van der Waals surface area (Å²) in [5, 5.41) is 1.81. The molecule has 0 saturated carbocycles. The maximum Gasteiger partial charge on any atom is 0.258 e. The first kappa shape index (κ1) is 15.4. The van der Waals surface area contributed by atoms with E-state index in [4.69, 9.17) is 4.74 Å². The highest BCUT2D eigenvalue weighted by atomic mass is 19.1. The number of ether oxygens (including phenoxy) is 1. The van der Waals surface area contributed by atoms with Gasteiger partial charge >= 0.3 is 0 Å². The summed E-state index contributed by atoms with van der Waals surface area (Å²) in [6.07, 6.45) is 5.38. The largest absolute Gasteiger partial charge is 0.434 e. The molecule has 1 unspecified atom stereocenters. The lowest BCUT2D eigenvalue weighted by Crippen LogP contribution is -2.41. The van der Waals surface area contributed by atoms with Gasteiger partial charge in [0, 0.05) is 19.4 Å². The van der Waals surface area contributed by atoms with Gasteiger partial charge in [-0.3, -0.25) is 9.79 Å². The zero-order valence-corrected chi connectivity index (χ0v) is 12.2. The van der Waals surface area contributed by atoms with Crippen LogP contribution in [0.5, 0.6) is 0 Å². The van der Waals surface area contributed by atoms with Crippen LogP contribution in [0.3, 0.4) is 0 Å². The molecule has 0 aromatic rings. The molecule has 21 heavy (non-hydrogen) atoms. The number of nitrogens with one attached hydrogen (secondary N) is 1. The van der Waals surface area contributed by atoms with Crippen LogP contribution in [0.1, 0.15) is 26.7 Å². The number of nitrogens with zero attached hydrogens (tertiary/aromatic N) is 3. The number of carbonyl (C=O) groups is 1. The fraction of sp³-hybridized carbons (Fsp3) is 0.500. The Morgan fingerprint density at radius 2 is 2.43 bits per heavy atom. The summed E-state index contributed by atoms with van der Waals surface area (Å²) in [5.74, 6) is -0.609. The molecule has 0 saturated heterocycles. The molecule has 1 atom stereocenters. The zero-order valence-electron chi connectivity index (χ0n) is 12.2. The third-order valence-corrected chi connectivity index (χ3v) is 3.14. The number of ketones is 1. The Morgan fingerprint density at radius 1 is 1.62 bits per heavy atom. The molecule has 2 rings (SSSR count). The molecule has 1 heterocycles. The van der Waals surface area contributed by atoms with Gasteiger partial charge in [-0.25, -0.2) is 9.38 Å². The van der Waals surface area contributed by atoms with Crippen LogP contribution in [0.2, 0.25) is 0 Å². The van der Waals surface area contributed by atoms with Crippen molar-refractivity contribution in [3.63, 3.8) is 0 Å². The Hall–Kier alpha value is -2.02. The molecule has 0 fully saturated rings. The summed E-state index contributed by atoms with van der Waals surface area (Å²) in [6.45, 7) is 4.41. The minimum atomic E-state index is -0.399. The number of aliphatic imine (C=N–C) groups is 2. The van der Waals surface area contributed by atoms with Crippen molar-refractivity contribution >= 4 is 18.0 Å². The van der Waals surface area contributed by atoms with Crippen LogP contribution in [-0.2, 0) is 9.53 Å². The Kier molecular flexibility index (Phi) is 5.21. The van der Waals surface area contributed by atoms with Crippen LogP contribution < -0.4 is 5.43 Å². The van der Waals surface area contributed by atoms with E-state index >= 15 is 0 Å². The molecule has 0 spiro atoms. The van der Waals surface area contributed by atoms with Crippen LogP contribution in [0.4, 0.5) is 4.39 Å². The molecular weight excluding hydrogens is 275 g/mol. The van der Waals surface area contributed by atoms with Gasteiger partial charge in [-0.05, 0) is 13.0 Å². The van der Waals surface area contributed by atoms with Crippen LogP contribution in [0.15, 0.2) is 33.7 Å². The molecule has 6 nitrogen and oxygen atoms in total. The Labute approximate surface area is 123 Å². The van der Waals surface area contributed by atoms with E-state index in [1.54, 1.807) is 20.2 Å². The highest BCUT2D eigenvalue weighted by molar-refractivity contribution is 6.36. The summed E-state index contributed by atoms with van der Waals surface area (Å²) >= 11 is 0. The summed E-state index contributed by atoms with van der Waals surface area (Å²) in [4.78, 5) is 19.7. The maximum absolute atomic E-state index is 14.2. The average Bonchev–Trinajstić information content (AvgIpc) is 3.02. The number of Topliss-reactive ketones (excluding diaryl/α,β-unsaturated/α-hetero) is 1. The van der Waals surface area contributed by atoms with Gasteiger partial charge in [0.25, 0.3) is 5.90 Å². The van der Waals surface area contributed by atoms with Crippen molar-refractivity contribution in [3.05, 3.63) is 23.7 Å².